The van der Waals surface area contributed by atoms with Crippen LogP contribution in [-0.4, -0.2) is 33.6 Å². The molecule has 0 fully saturated rings. The Kier molecular flexibility index (Phi) is 3.43. The van der Waals surface area contributed by atoms with E-state index in [-0.39, 0.29) is 25.3 Å². The second kappa shape index (κ2) is 5.84. The summed E-state index contributed by atoms with van der Waals surface area (Å²) in [5.74, 6) is 1.98. The second-order valence-electron chi connectivity index (χ2n) is 6.47. The molecule has 1 atom stereocenters. The molecule has 7 nitrogen and oxygen atoms in total. The first-order valence-corrected chi connectivity index (χ1v) is 8.51. The third kappa shape index (κ3) is 2.38. The highest BCUT2D eigenvalue weighted by atomic mass is 16.7. The number of fused-ring (bicyclic) bond motifs is 2. The van der Waals surface area contributed by atoms with Crippen molar-refractivity contribution < 1.29 is 28.5 Å². The Labute approximate surface area is 155 Å². The van der Waals surface area contributed by atoms with Crippen LogP contribution >= 0.6 is 0 Å². The van der Waals surface area contributed by atoms with Crippen LogP contribution in [0.3, 0.4) is 0 Å². The molecule has 0 aromatic heterocycles. The molecule has 0 radical (unpaired) electrons. The Morgan fingerprint density at radius 3 is 2.37 bits per heavy atom. The van der Waals surface area contributed by atoms with E-state index in [2.05, 4.69) is 5.32 Å². The van der Waals surface area contributed by atoms with Crippen molar-refractivity contribution in [1.29, 1.82) is 0 Å². The molecule has 7 heteroatoms. The molecule has 2 aromatic carbocycles. The molecule has 0 saturated heterocycles. The molecule has 27 heavy (non-hydrogen) atoms. The summed E-state index contributed by atoms with van der Waals surface area (Å²) in [6, 6.07) is 9.42. The van der Waals surface area contributed by atoms with Crippen molar-refractivity contribution in [2.24, 2.45) is 0 Å². The van der Waals surface area contributed by atoms with Gasteiger partial charge in [-0.1, -0.05) is 0 Å². The minimum absolute atomic E-state index is 0.186. The van der Waals surface area contributed by atoms with E-state index in [1.165, 1.54) is 0 Å². The van der Waals surface area contributed by atoms with Gasteiger partial charge in [-0.15, -0.1) is 0 Å². The second-order valence-corrected chi connectivity index (χ2v) is 6.47. The van der Waals surface area contributed by atoms with Gasteiger partial charge >= 0.3 is 5.97 Å². The number of nitrogens with one attached hydrogen (secondary N) is 1. The van der Waals surface area contributed by atoms with Gasteiger partial charge in [-0.2, -0.15) is 0 Å². The zero-order valence-corrected chi connectivity index (χ0v) is 14.8. The van der Waals surface area contributed by atoms with Crippen LogP contribution in [0.25, 0.3) is 0 Å². The van der Waals surface area contributed by atoms with Crippen molar-refractivity contribution in [2.75, 3.05) is 32.9 Å². The molecule has 5 rings (SSSR count). The van der Waals surface area contributed by atoms with Crippen LogP contribution in [0, 0.1) is 0 Å². The van der Waals surface area contributed by atoms with E-state index in [9.17, 15) is 4.79 Å². The summed E-state index contributed by atoms with van der Waals surface area (Å²) in [5.41, 5.74) is 4.00. The molecule has 0 amide bonds. The molecular weight excluding hydrogens is 350 g/mol. The van der Waals surface area contributed by atoms with Crippen LogP contribution in [-0.2, 0) is 9.53 Å². The topological polar surface area (TPSA) is 75.3 Å². The monoisotopic (exact) mass is 367 g/mol. The number of hydrogen-bond donors (Lipinski definition) is 1. The zero-order chi connectivity index (χ0) is 18.5. The summed E-state index contributed by atoms with van der Waals surface area (Å²) >= 11 is 0. The Hall–Kier alpha value is -3.35. The van der Waals surface area contributed by atoms with Gasteiger partial charge in [0.2, 0.25) is 6.79 Å². The lowest BCUT2D eigenvalue weighted by molar-refractivity contribution is -0.136. The molecule has 1 unspecified atom stereocenters. The fourth-order valence-electron chi connectivity index (χ4n) is 3.78. The van der Waals surface area contributed by atoms with Crippen molar-refractivity contribution in [3.63, 3.8) is 0 Å². The van der Waals surface area contributed by atoms with Gasteiger partial charge < -0.3 is 29.0 Å². The van der Waals surface area contributed by atoms with Crippen molar-refractivity contribution in [2.45, 2.75) is 5.92 Å². The van der Waals surface area contributed by atoms with E-state index in [1.54, 1.807) is 20.3 Å². The minimum Gasteiger partial charge on any atom is -0.497 e. The van der Waals surface area contributed by atoms with Gasteiger partial charge in [0.1, 0.15) is 18.1 Å². The van der Waals surface area contributed by atoms with Gasteiger partial charge in [-0.25, -0.2) is 4.79 Å². The predicted octanol–water partition coefficient (Wildman–Crippen LogP) is 2.80. The van der Waals surface area contributed by atoms with Gasteiger partial charge in [-0.3, -0.25) is 0 Å². The first-order chi connectivity index (χ1) is 13.2. The molecule has 1 N–H and O–H groups in total. The summed E-state index contributed by atoms with van der Waals surface area (Å²) in [6.45, 7) is 0.407. The molecule has 0 aliphatic carbocycles. The van der Waals surface area contributed by atoms with Crippen molar-refractivity contribution in [3.8, 4) is 23.0 Å². The molecule has 3 aliphatic heterocycles. The zero-order valence-electron chi connectivity index (χ0n) is 14.8. The van der Waals surface area contributed by atoms with Gasteiger partial charge in [0.15, 0.2) is 11.5 Å². The average molecular weight is 367 g/mol. The number of rotatable bonds is 3. The predicted molar refractivity (Wildman–Crippen MR) is 95.6 cm³/mol. The number of cyclic esters (lactones) is 1. The van der Waals surface area contributed by atoms with Crippen molar-refractivity contribution >= 4 is 11.7 Å². The van der Waals surface area contributed by atoms with E-state index in [1.807, 2.05) is 24.3 Å². The third-order valence-corrected chi connectivity index (χ3v) is 5.03. The molecule has 3 aliphatic rings. The lowest BCUT2D eigenvalue weighted by Crippen LogP contribution is -2.20. The van der Waals surface area contributed by atoms with E-state index in [0.717, 1.165) is 22.5 Å². The van der Waals surface area contributed by atoms with Crippen LogP contribution in [0.15, 0.2) is 41.6 Å². The summed E-state index contributed by atoms with van der Waals surface area (Å²) < 4.78 is 27.2. The number of benzene rings is 2. The standard InChI is InChI=1S/C20H17NO6/c1-23-11-3-10(4-12(5-11)24-2)18-13-6-16-17(27-9-26-16)7-14(13)21-15-8-25-20(22)19(15)18/h3-7,18,21H,8-9H2,1-2H3. The third-order valence-electron chi connectivity index (χ3n) is 5.03. The average Bonchev–Trinajstić information content (AvgIpc) is 3.30. The summed E-state index contributed by atoms with van der Waals surface area (Å²) in [7, 11) is 3.20. The number of ether oxygens (including phenoxy) is 5. The first kappa shape index (κ1) is 15.9. The number of carbonyl (C=O) groups excluding carboxylic acids is 1. The number of carbonyl (C=O) groups is 1. The molecule has 0 spiro atoms. The Balaban J connectivity index is 1.73. The van der Waals surface area contributed by atoms with Gasteiger partial charge in [-0.05, 0) is 29.3 Å². The number of esters is 1. The summed E-state index contributed by atoms with van der Waals surface area (Å²) in [5, 5.41) is 3.31. The number of methoxy groups -OCH3 is 2. The smallest absolute Gasteiger partial charge is 0.337 e. The maximum absolute atomic E-state index is 12.5. The lowest BCUT2D eigenvalue weighted by Gasteiger charge is -2.28. The van der Waals surface area contributed by atoms with Crippen LogP contribution in [0.5, 0.6) is 23.0 Å². The van der Waals surface area contributed by atoms with Crippen LogP contribution < -0.4 is 24.3 Å². The van der Waals surface area contributed by atoms with Crippen LogP contribution in [0.2, 0.25) is 0 Å². The summed E-state index contributed by atoms with van der Waals surface area (Å²) in [4.78, 5) is 12.5. The van der Waals surface area contributed by atoms with E-state index in [0.29, 0.717) is 28.6 Å². The fourth-order valence-corrected chi connectivity index (χ4v) is 3.78. The fraction of sp³-hybridized carbons (Fsp3) is 0.250. The van der Waals surface area contributed by atoms with Crippen molar-refractivity contribution in [3.05, 3.63) is 52.7 Å². The maximum Gasteiger partial charge on any atom is 0.337 e. The first-order valence-electron chi connectivity index (χ1n) is 8.51. The molecule has 2 aromatic rings. The lowest BCUT2D eigenvalue weighted by atomic mass is 9.81. The van der Waals surface area contributed by atoms with Crippen LogP contribution in [0.1, 0.15) is 17.0 Å². The molecule has 0 bridgehead atoms. The van der Waals surface area contributed by atoms with Gasteiger partial charge in [0.25, 0.3) is 0 Å². The minimum atomic E-state index is -0.329. The maximum atomic E-state index is 12.5. The highest BCUT2D eigenvalue weighted by Gasteiger charge is 2.39. The molecular formula is C20H17NO6. The van der Waals surface area contributed by atoms with E-state index >= 15 is 0 Å². The normalized spacial score (nSPS) is 19.2. The highest BCUT2D eigenvalue weighted by Crippen LogP contribution is 2.49. The van der Waals surface area contributed by atoms with E-state index < -0.39 is 0 Å². The Morgan fingerprint density at radius 1 is 0.963 bits per heavy atom. The van der Waals surface area contributed by atoms with Gasteiger partial charge in [0.05, 0.1) is 25.5 Å². The largest absolute Gasteiger partial charge is 0.497 e. The summed E-state index contributed by atoms with van der Waals surface area (Å²) in [6.07, 6.45) is 0. The Morgan fingerprint density at radius 2 is 1.67 bits per heavy atom. The molecule has 3 heterocycles. The van der Waals surface area contributed by atoms with E-state index in [4.69, 9.17) is 23.7 Å². The van der Waals surface area contributed by atoms with Gasteiger partial charge in [0, 0.05) is 23.7 Å². The SMILES string of the molecule is COc1cc(OC)cc(C2C3=C(COC3=O)Nc3cc4c(cc32)OCO4)c1. The quantitative estimate of drug-likeness (QED) is 0.836. The molecule has 0 saturated carbocycles. The number of anilines is 1. The number of hydrogen-bond acceptors (Lipinski definition) is 7. The Bertz CT molecular complexity index is 974. The highest BCUT2D eigenvalue weighted by molar-refractivity contribution is 5.97. The van der Waals surface area contributed by atoms with Crippen LogP contribution in [0.4, 0.5) is 5.69 Å². The van der Waals surface area contributed by atoms with Crippen molar-refractivity contribution in [1.82, 2.24) is 0 Å². The molecule has 138 valence electrons.